The van der Waals surface area contributed by atoms with Gasteiger partial charge in [0.15, 0.2) is 5.75 Å². The minimum absolute atomic E-state index is 0.107. The van der Waals surface area contributed by atoms with Gasteiger partial charge in [-0.05, 0) is 95.1 Å². The van der Waals surface area contributed by atoms with Crippen molar-refractivity contribution in [2.45, 2.75) is 0 Å². The van der Waals surface area contributed by atoms with E-state index in [0.717, 1.165) is 32.1 Å². The van der Waals surface area contributed by atoms with Gasteiger partial charge < -0.3 is 16.2 Å². The van der Waals surface area contributed by atoms with Crippen LogP contribution in [0.15, 0.2) is 133 Å². The van der Waals surface area contributed by atoms with E-state index in [1.807, 2.05) is 30.3 Å². The first-order valence-corrected chi connectivity index (χ1v) is 15.4. The fraction of sp³-hybridized carbons (Fsp3) is 0. The summed E-state index contributed by atoms with van der Waals surface area (Å²) in [4.78, 5) is 57.3. The third-order valence-corrected chi connectivity index (χ3v) is 8.67. The molecule has 2 heterocycles. The van der Waals surface area contributed by atoms with Gasteiger partial charge in [-0.25, -0.2) is 9.80 Å². The van der Waals surface area contributed by atoms with E-state index in [0.29, 0.717) is 17.1 Å². The number of carbonyl (C=O) groups is 4. The molecular formula is C40H26N4O5. The Kier molecular flexibility index (Phi) is 6.82. The normalized spacial score (nSPS) is 13.6. The molecule has 236 valence electrons. The molecule has 0 aliphatic carbocycles. The van der Waals surface area contributed by atoms with Crippen LogP contribution < -0.4 is 26.0 Å². The largest absolute Gasteiger partial charge is 0.455 e. The molecule has 49 heavy (non-hydrogen) atoms. The van der Waals surface area contributed by atoms with Crippen molar-refractivity contribution in [3.63, 3.8) is 0 Å². The Labute approximate surface area is 280 Å². The second kappa shape index (κ2) is 11.4. The summed E-state index contributed by atoms with van der Waals surface area (Å²) in [7, 11) is 0. The Hall–Kier alpha value is -7.00. The molecule has 0 saturated carbocycles. The van der Waals surface area contributed by atoms with Gasteiger partial charge in [0.1, 0.15) is 5.75 Å². The molecule has 9 nitrogen and oxygen atoms in total. The van der Waals surface area contributed by atoms with Crippen molar-refractivity contribution in [3.8, 4) is 33.8 Å². The van der Waals surface area contributed by atoms with Crippen molar-refractivity contribution in [1.82, 2.24) is 0 Å². The number of imide groups is 2. The Bertz CT molecular complexity index is 2350. The highest BCUT2D eigenvalue weighted by Crippen LogP contribution is 2.42. The van der Waals surface area contributed by atoms with Crippen molar-refractivity contribution >= 4 is 46.4 Å². The van der Waals surface area contributed by atoms with Crippen molar-refractivity contribution in [3.05, 3.63) is 156 Å². The van der Waals surface area contributed by atoms with Gasteiger partial charge in [-0.3, -0.25) is 19.2 Å². The average molecular weight is 643 g/mol. The van der Waals surface area contributed by atoms with Crippen LogP contribution in [-0.2, 0) is 0 Å². The zero-order valence-corrected chi connectivity index (χ0v) is 25.8. The highest BCUT2D eigenvalue weighted by Gasteiger charge is 2.40. The zero-order chi connectivity index (χ0) is 33.8. The van der Waals surface area contributed by atoms with Crippen LogP contribution in [0, 0.1) is 0 Å². The number of rotatable bonds is 6. The van der Waals surface area contributed by atoms with E-state index in [9.17, 15) is 19.2 Å². The fourth-order valence-corrected chi connectivity index (χ4v) is 6.17. The predicted octanol–water partition coefficient (Wildman–Crippen LogP) is 7.58. The number of hydrogen-bond acceptors (Lipinski definition) is 7. The number of nitrogens with two attached hydrogens (primary N) is 2. The Morgan fingerprint density at radius 2 is 0.898 bits per heavy atom. The molecule has 0 fully saturated rings. The summed E-state index contributed by atoms with van der Waals surface area (Å²) in [5, 5.41) is 0. The monoisotopic (exact) mass is 642 g/mol. The van der Waals surface area contributed by atoms with E-state index in [1.54, 1.807) is 84.9 Å². The van der Waals surface area contributed by atoms with Gasteiger partial charge in [0, 0.05) is 17.4 Å². The maximum absolute atomic E-state index is 13.9. The Morgan fingerprint density at radius 3 is 1.45 bits per heavy atom. The first kappa shape index (κ1) is 29.4. The van der Waals surface area contributed by atoms with Crippen molar-refractivity contribution in [2.75, 3.05) is 21.3 Å². The van der Waals surface area contributed by atoms with Crippen LogP contribution in [0.2, 0.25) is 0 Å². The second-order valence-corrected chi connectivity index (χ2v) is 11.7. The lowest BCUT2D eigenvalue weighted by Crippen LogP contribution is -2.31. The van der Waals surface area contributed by atoms with Crippen LogP contribution >= 0.6 is 0 Å². The summed E-state index contributed by atoms with van der Waals surface area (Å²) in [6, 6.07) is 38.0. The number of ether oxygens (including phenoxy) is 1. The number of para-hydroxylation sites is 1. The van der Waals surface area contributed by atoms with Crippen molar-refractivity contribution in [2.24, 2.45) is 0 Å². The molecule has 2 aliphatic heterocycles. The number of nitrogens with zero attached hydrogens (tertiary/aromatic N) is 2. The summed E-state index contributed by atoms with van der Waals surface area (Å²) in [6.45, 7) is 0. The highest BCUT2D eigenvalue weighted by molar-refractivity contribution is 6.36. The van der Waals surface area contributed by atoms with E-state index in [2.05, 4.69) is 0 Å². The van der Waals surface area contributed by atoms with Gasteiger partial charge in [0.25, 0.3) is 23.6 Å². The van der Waals surface area contributed by atoms with E-state index in [-0.39, 0.29) is 39.4 Å². The van der Waals surface area contributed by atoms with Gasteiger partial charge in [-0.1, -0.05) is 54.6 Å². The van der Waals surface area contributed by atoms with Crippen LogP contribution in [0.1, 0.15) is 41.4 Å². The maximum atomic E-state index is 13.9. The molecule has 0 spiro atoms. The smallest absolute Gasteiger partial charge is 0.266 e. The summed E-state index contributed by atoms with van der Waals surface area (Å²) in [5.74, 6) is -1.52. The third-order valence-electron chi connectivity index (χ3n) is 8.67. The molecule has 0 saturated heterocycles. The van der Waals surface area contributed by atoms with Gasteiger partial charge in [0.2, 0.25) is 0 Å². The van der Waals surface area contributed by atoms with Crippen LogP contribution in [0.4, 0.5) is 22.7 Å². The molecule has 0 atom stereocenters. The van der Waals surface area contributed by atoms with Gasteiger partial charge >= 0.3 is 0 Å². The number of benzene rings is 6. The Morgan fingerprint density at radius 1 is 0.429 bits per heavy atom. The van der Waals surface area contributed by atoms with Gasteiger partial charge in [-0.2, -0.15) is 0 Å². The molecule has 9 heteroatoms. The minimum Gasteiger partial charge on any atom is -0.455 e. The molecule has 0 bridgehead atoms. The van der Waals surface area contributed by atoms with E-state index < -0.39 is 23.6 Å². The first-order chi connectivity index (χ1) is 23.8. The average Bonchev–Trinajstić information content (AvgIpc) is 3.52. The van der Waals surface area contributed by atoms with Crippen LogP contribution in [0.25, 0.3) is 22.3 Å². The lowest BCUT2D eigenvalue weighted by molar-refractivity contribution is 0.0909. The zero-order valence-electron chi connectivity index (χ0n) is 25.8. The molecule has 0 unspecified atom stereocenters. The van der Waals surface area contributed by atoms with Crippen molar-refractivity contribution < 1.29 is 23.9 Å². The number of fused-ring (bicyclic) bond motifs is 2. The van der Waals surface area contributed by atoms with E-state index in [4.69, 9.17) is 16.2 Å². The second-order valence-electron chi connectivity index (χ2n) is 11.7. The molecule has 0 aromatic heterocycles. The fourth-order valence-electron chi connectivity index (χ4n) is 6.17. The topological polar surface area (TPSA) is 136 Å². The molecular weight excluding hydrogens is 616 g/mol. The Balaban J connectivity index is 1.17. The number of nitrogen functional groups attached to an aromatic ring is 2. The van der Waals surface area contributed by atoms with Crippen LogP contribution in [0.3, 0.4) is 0 Å². The van der Waals surface area contributed by atoms with E-state index >= 15 is 0 Å². The summed E-state index contributed by atoms with van der Waals surface area (Å²) >= 11 is 0. The first-order valence-electron chi connectivity index (χ1n) is 15.4. The predicted molar refractivity (Wildman–Crippen MR) is 188 cm³/mol. The van der Waals surface area contributed by atoms with Crippen molar-refractivity contribution in [1.29, 1.82) is 0 Å². The molecule has 4 N–H and O–H groups in total. The molecule has 6 aromatic carbocycles. The summed E-state index contributed by atoms with van der Waals surface area (Å²) in [5.41, 5.74) is 17.5. The molecule has 2 aliphatic rings. The van der Waals surface area contributed by atoms with Crippen LogP contribution in [-0.4, -0.2) is 23.6 Å². The SMILES string of the molecule is Nc1ccc(-c2ccc3c(c2)C(=O)N(c2ccc(N4C(=O)c5ccc(-c6ccc(N)cc6)cc5C4=O)c(Oc4ccccc4)c2)C3=O)cc1. The van der Waals surface area contributed by atoms with E-state index in [1.165, 1.54) is 18.2 Å². The number of hydrogen-bond donors (Lipinski definition) is 2. The van der Waals surface area contributed by atoms with Gasteiger partial charge in [-0.15, -0.1) is 0 Å². The molecule has 8 rings (SSSR count). The highest BCUT2D eigenvalue weighted by atomic mass is 16.5. The molecule has 4 amide bonds. The maximum Gasteiger partial charge on any atom is 0.266 e. The molecule has 6 aromatic rings. The lowest BCUT2D eigenvalue weighted by atomic mass is 10.00. The quantitative estimate of drug-likeness (QED) is 0.141. The third kappa shape index (κ3) is 4.97. The number of amides is 4. The minimum atomic E-state index is -0.529. The van der Waals surface area contributed by atoms with Gasteiger partial charge in [0.05, 0.1) is 33.6 Å². The summed E-state index contributed by atoms with van der Waals surface area (Å²) < 4.78 is 6.24. The number of carbonyl (C=O) groups excluding carboxylic acids is 4. The standard InChI is InChI=1S/C40H26N4O5/c41-27-12-6-23(7-13-27)25-10-17-31-33(20-25)39(47)43(37(31)45)29-16-19-35(36(22-29)49-30-4-2-1-3-5-30)44-38(46)32-18-11-26(21-34(32)40(44)48)24-8-14-28(42)15-9-24/h1-22H,41-42H2. The number of anilines is 4. The molecule has 0 radical (unpaired) electrons. The lowest BCUT2D eigenvalue weighted by Gasteiger charge is -2.21. The summed E-state index contributed by atoms with van der Waals surface area (Å²) in [6.07, 6.45) is 0. The van der Waals surface area contributed by atoms with Crippen LogP contribution in [0.5, 0.6) is 11.5 Å².